The van der Waals surface area contributed by atoms with Gasteiger partial charge in [-0.2, -0.15) is 5.26 Å². The number of hydrogen-bond donors (Lipinski definition) is 0. The Labute approximate surface area is 61.0 Å². The second kappa shape index (κ2) is 3.03. The van der Waals surface area contributed by atoms with Crippen LogP contribution in [0.2, 0.25) is 0 Å². The first kappa shape index (κ1) is 6.82. The molecule has 1 unspecified atom stereocenters. The molecule has 0 aliphatic heterocycles. The highest BCUT2D eigenvalue weighted by atomic mass is 14.3. The largest absolute Gasteiger partial charge is 0.197 e. The molecule has 0 heterocycles. The van der Waals surface area contributed by atoms with Crippen molar-refractivity contribution in [2.24, 2.45) is 5.92 Å². The molecule has 10 heavy (non-hydrogen) atoms. The molecule has 1 atom stereocenters. The number of rotatable bonds is 2. The van der Waals surface area contributed by atoms with Gasteiger partial charge in [0.15, 0.2) is 0 Å². The molecule has 0 saturated carbocycles. The molecule has 1 aliphatic rings. The highest BCUT2D eigenvalue weighted by Crippen LogP contribution is 2.21. The lowest BCUT2D eigenvalue weighted by molar-refractivity contribution is 0.958. The molecule has 1 nitrogen and oxygen atoms in total. The minimum Gasteiger partial charge on any atom is -0.197 e. The SMILES string of the molecule is C=CCC1=CC=CC1C#N. The predicted molar refractivity (Wildman–Crippen MR) is 41.1 cm³/mol. The van der Waals surface area contributed by atoms with Crippen LogP contribution in [0.3, 0.4) is 0 Å². The van der Waals surface area contributed by atoms with Crippen LogP contribution in [0.5, 0.6) is 0 Å². The van der Waals surface area contributed by atoms with Gasteiger partial charge < -0.3 is 0 Å². The van der Waals surface area contributed by atoms with Gasteiger partial charge in [0.2, 0.25) is 0 Å². The smallest absolute Gasteiger partial charge is 0.0862 e. The molecule has 0 bridgehead atoms. The Balaban J connectivity index is 2.64. The van der Waals surface area contributed by atoms with Crippen LogP contribution >= 0.6 is 0 Å². The van der Waals surface area contributed by atoms with Gasteiger partial charge in [-0.1, -0.05) is 24.3 Å². The summed E-state index contributed by atoms with van der Waals surface area (Å²) in [5, 5.41) is 8.59. The van der Waals surface area contributed by atoms with Gasteiger partial charge in [0.05, 0.1) is 12.0 Å². The van der Waals surface area contributed by atoms with E-state index in [1.54, 1.807) is 0 Å². The van der Waals surface area contributed by atoms with Crippen molar-refractivity contribution in [1.82, 2.24) is 0 Å². The Kier molecular flexibility index (Phi) is 2.07. The van der Waals surface area contributed by atoms with E-state index in [1.807, 2.05) is 24.3 Å². The first-order chi connectivity index (χ1) is 4.88. The minimum atomic E-state index is -0.00185. The summed E-state index contributed by atoms with van der Waals surface area (Å²) in [6, 6.07) is 2.20. The highest BCUT2D eigenvalue weighted by Gasteiger charge is 2.10. The minimum absolute atomic E-state index is 0.00185. The Morgan fingerprint density at radius 2 is 2.60 bits per heavy atom. The van der Waals surface area contributed by atoms with Crippen molar-refractivity contribution in [1.29, 1.82) is 5.26 Å². The van der Waals surface area contributed by atoms with Crippen LogP contribution in [0.4, 0.5) is 0 Å². The van der Waals surface area contributed by atoms with E-state index < -0.39 is 0 Å². The van der Waals surface area contributed by atoms with Crippen molar-refractivity contribution in [2.45, 2.75) is 6.42 Å². The zero-order valence-electron chi connectivity index (χ0n) is 5.75. The summed E-state index contributed by atoms with van der Waals surface area (Å²) in [6.07, 6.45) is 8.45. The van der Waals surface area contributed by atoms with E-state index in [9.17, 15) is 0 Å². The van der Waals surface area contributed by atoms with Crippen molar-refractivity contribution in [3.05, 3.63) is 36.5 Å². The summed E-state index contributed by atoms with van der Waals surface area (Å²) >= 11 is 0. The molecule has 0 radical (unpaired) electrons. The molecule has 0 N–H and O–H groups in total. The summed E-state index contributed by atoms with van der Waals surface area (Å²) in [4.78, 5) is 0. The van der Waals surface area contributed by atoms with Crippen molar-refractivity contribution >= 4 is 0 Å². The third-order valence-corrected chi connectivity index (χ3v) is 1.53. The normalized spacial score (nSPS) is 21.9. The van der Waals surface area contributed by atoms with E-state index in [0.717, 1.165) is 12.0 Å². The van der Waals surface area contributed by atoms with Gasteiger partial charge in [-0.25, -0.2) is 0 Å². The van der Waals surface area contributed by atoms with Crippen molar-refractivity contribution in [3.63, 3.8) is 0 Å². The fraction of sp³-hybridized carbons (Fsp3) is 0.222. The number of hydrogen-bond acceptors (Lipinski definition) is 1. The highest BCUT2D eigenvalue weighted by molar-refractivity contribution is 5.33. The molecular formula is C9H9N. The van der Waals surface area contributed by atoms with Gasteiger partial charge in [-0.05, 0) is 12.0 Å². The van der Waals surface area contributed by atoms with Gasteiger partial charge in [0, 0.05) is 0 Å². The molecule has 0 aromatic carbocycles. The third kappa shape index (κ3) is 1.16. The van der Waals surface area contributed by atoms with Gasteiger partial charge in [0.25, 0.3) is 0 Å². The summed E-state index contributed by atoms with van der Waals surface area (Å²) in [6.45, 7) is 3.61. The zero-order chi connectivity index (χ0) is 7.40. The topological polar surface area (TPSA) is 23.8 Å². The van der Waals surface area contributed by atoms with E-state index in [1.165, 1.54) is 0 Å². The van der Waals surface area contributed by atoms with Crippen LogP contribution in [0.25, 0.3) is 0 Å². The average molecular weight is 131 g/mol. The molecule has 0 saturated heterocycles. The van der Waals surface area contributed by atoms with Crippen LogP contribution < -0.4 is 0 Å². The molecule has 1 rings (SSSR count). The Morgan fingerprint density at radius 1 is 1.80 bits per heavy atom. The van der Waals surface area contributed by atoms with Gasteiger partial charge in [-0.3, -0.25) is 0 Å². The Morgan fingerprint density at radius 3 is 3.20 bits per heavy atom. The molecular weight excluding hydrogens is 122 g/mol. The lowest BCUT2D eigenvalue weighted by Crippen LogP contribution is -1.91. The van der Waals surface area contributed by atoms with Crippen LogP contribution in [-0.4, -0.2) is 0 Å². The zero-order valence-corrected chi connectivity index (χ0v) is 5.75. The number of allylic oxidation sites excluding steroid dienone is 5. The predicted octanol–water partition coefficient (Wildman–Crippen LogP) is 2.20. The summed E-state index contributed by atoms with van der Waals surface area (Å²) in [5.41, 5.74) is 1.15. The van der Waals surface area contributed by atoms with Gasteiger partial charge in [-0.15, -0.1) is 6.58 Å². The summed E-state index contributed by atoms with van der Waals surface area (Å²) in [7, 11) is 0. The van der Waals surface area contributed by atoms with E-state index in [4.69, 9.17) is 5.26 Å². The van der Waals surface area contributed by atoms with E-state index in [0.29, 0.717) is 0 Å². The van der Waals surface area contributed by atoms with E-state index in [-0.39, 0.29) is 5.92 Å². The third-order valence-electron chi connectivity index (χ3n) is 1.53. The molecule has 0 spiro atoms. The summed E-state index contributed by atoms with van der Waals surface area (Å²) < 4.78 is 0. The van der Waals surface area contributed by atoms with Crippen molar-refractivity contribution in [3.8, 4) is 6.07 Å². The quantitative estimate of drug-likeness (QED) is 0.527. The van der Waals surface area contributed by atoms with Crippen LogP contribution in [-0.2, 0) is 0 Å². The van der Waals surface area contributed by atoms with Crippen LogP contribution in [0.15, 0.2) is 36.5 Å². The fourth-order valence-corrected chi connectivity index (χ4v) is 1.01. The molecule has 0 aromatic rings. The second-order valence-electron chi connectivity index (χ2n) is 2.23. The molecule has 50 valence electrons. The van der Waals surface area contributed by atoms with Crippen molar-refractivity contribution in [2.75, 3.05) is 0 Å². The maximum atomic E-state index is 8.59. The van der Waals surface area contributed by atoms with E-state index in [2.05, 4.69) is 12.6 Å². The van der Waals surface area contributed by atoms with Gasteiger partial charge >= 0.3 is 0 Å². The average Bonchev–Trinajstić information content (AvgIpc) is 2.36. The monoisotopic (exact) mass is 131 g/mol. The summed E-state index contributed by atoms with van der Waals surface area (Å²) in [5.74, 6) is -0.00185. The van der Waals surface area contributed by atoms with E-state index >= 15 is 0 Å². The maximum absolute atomic E-state index is 8.59. The molecule has 0 fully saturated rings. The number of nitriles is 1. The maximum Gasteiger partial charge on any atom is 0.0862 e. The Hall–Kier alpha value is -1.29. The first-order valence-electron chi connectivity index (χ1n) is 3.26. The molecule has 0 amide bonds. The first-order valence-corrected chi connectivity index (χ1v) is 3.26. The second-order valence-corrected chi connectivity index (χ2v) is 2.23. The van der Waals surface area contributed by atoms with Crippen molar-refractivity contribution < 1.29 is 0 Å². The van der Waals surface area contributed by atoms with Gasteiger partial charge in [0.1, 0.15) is 0 Å². The molecule has 1 aliphatic carbocycles. The van der Waals surface area contributed by atoms with Crippen LogP contribution in [0.1, 0.15) is 6.42 Å². The number of nitrogens with zero attached hydrogens (tertiary/aromatic N) is 1. The van der Waals surface area contributed by atoms with Crippen LogP contribution in [0, 0.1) is 17.2 Å². The standard InChI is InChI=1S/C9H9N/c1-2-4-8-5-3-6-9(8)7-10/h2-3,5-6,9H,1,4H2. The molecule has 0 aromatic heterocycles. The lowest BCUT2D eigenvalue weighted by atomic mass is 10.0. The molecule has 1 heteroatoms. The Bertz CT molecular complexity index is 228. The fourth-order valence-electron chi connectivity index (χ4n) is 1.01. The lowest BCUT2D eigenvalue weighted by Gasteiger charge is -2.00.